The smallest absolute Gasteiger partial charge is 0.0515 e. The van der Waals surface area contributed by atoms with Crippen molar-refractivity contribution >= 4 is 11.6 Å². The van der Waals surface area contributed by atoms with Crippen molar-refractivity contribution in [3.63, 3.8) is 0 Å². The van der Waals surface area contributed by atoms with Crippen LogP contribution >= 0.6 is 11.6 Å². The van der Waals surface area contributed by atoms with Gasteiger partial charge in [-0.15, -0.1) is 11.6 Å². The Kier molecular flexibility index (Phi) is 10.1. The molecule has 0 saturated carbocycles. The average Bonchev–Trinajstić information content (AvgIpc) is 2.11. The first-order valence-corrected chi connectivity index (χ1v) is 6.05. The van der Waals surface area contributed by atoms with E-state index in [2.05, 4.69) is 26.0 Å². The highest BCUT2D eigenvalue weighted by molar-refractivity contribution is 6.21. The first-order valence-electron chi connectivity index (χ1n) is 5.62. The minimum Gasteiger partial charge on any atom is -0.118 e. The molecule has 0 N–H and O–H groups in total. The molecule has 0 bridgehead atoms. The summed E-state index contributed by atoms with van der Waals surface area (Å²) in [5.74, 6) is 0. The Morgan fingerprint density at radius 2 is 1.85 bits per heavy atom. The Morgan fingerprint density at radius 1 is 1.08 bits per heavy atom. The average molecular weight is 203 g/mol. The Hall–Kier alpha value is 0.0300. The molecule has 1 unspecified atom stereocenters. The van der Waals surface area contributed by atoms with E-state index in [-0.39, 0.29) is 5.38 Å². The van der Waals surface area contributed by atoms with E-state index in [0.717, 1.165) is 6.42 Å². The summed E-state index contributed by atoms with van der Waals surface area (Å²) in [4.78, 5) is 0. The number of alkyl halides is 1. The highest BCUT2D eigenvalue weighted by Crippen LogP contribution is 2.08. The molecule has 1 heteroatoms. The summed E-state index contributed by atoms with van der Waals surface area (Å²) >= 11 is 6.03. The molecule has 1 atom stereocenters. The SMILES string of the molecule is CCCCCC/C=C/C(Cl)CCC. The maximum absolute atomic E-state index is 6.03. The number of allylic oxidation sites excluding steroid dienone is 2. The van der Waals surface area contributed by atoms with E-state index in [1.807, 2.05) is 0 Å². The van der Waals surface area contributed by atoms with Gasteiger partial charge in [0.15, 0.2) is 0 Å². The van der Waals surface area contributed by atoms with Crippen LogP contribution in [0, 0.1) is 0 Å². The number of hydrogen-bond acceptors (Lipinski definition) is 0. The number of rotatable bonds is 8. The van der Waals surface area contributed by atoms with Crippen LogP contribution in [0.4, 0.5) is 0 Å². The lowest BCUT2D eigenvalue weighted by molar-refractivity contribution is 0.673. The summed E-state index contributed by atoms with van der Waals surface area (Å²) in [7, 11) is 0. The number of unbranched alkanes of at least 4 members (excludes halogenated alkanes) is 4. The van der Waals surface area contributed by atoms with E-state index in [9.17, 15) is 0 Å². The van der Waals surface area contributed by atoms with Crippen molar-refractivity contribution in [3.8, 4) is 0 Å². The Labute approximate surface area is 88.4 Å². The third-order valence-corrected chi connectivity index (χ3v) is 2.50. The zero-order valence-corrected chi connectivity index (χ0v) is 9.82. The van der Waals surface area contributed by atoms with Crippen LogP contribution in [0.25, 0.3) is 0 Å². The van der Waals surface area contributed by atoms with Crippen LogP contribution in [0.2, 0.25) is 0 Å². The first-order chi connectivity index (χ1) is 6.31. The van der Waals surface area contributed by atoms with E-state index in [0.29, 0.717) is 0 Å². The summed E-state index contributed by atoms with van der Waals surface area (Å²) in [5, 5.41) is 0.260. The summed E-state index contributed by atoms with van der Waals surface area (Å²) in [5.41, 5.74) is 0. The molecule has 0 aromatic carbocycles. The van der Waals surface area contributed by atoms with Crippen molar-refractivity contribution in [2.45, 2.75) is 64.2 Å². The van der Waals surface area contributed by atoms with Gasteiger partial charge in [-0.3, -0.25) is 0 Å². The summed E-state index contributed by atoms with van der Waals surface area (Å²) in [6.07, 6.45) is 13.2. The van der Waals surface area contributed by atoms with Gasteiger partial charge in [0, 0.05) is 0 Å². The highest BCUT2D eigenvalue weighted by atomic mass is 35.5. The van der Waals surface area contributed by atoms with Crippen molar-refractivity contribution < 1.29 is 0 Å². The molecule has 0 aromatic heterocycles. The van der Waals surface area contributed by atoms with Gasteiger partial charge in [0.05, 0.1) is 5.38 Å². The molecule has 0 radical (unpaired) electrons. The zero-order chi connectivity index (χ0) is 9.94. The van der Waals surface area contributed by atoms with Crippen molar-refractivity contribution in [2.75, 3.05) is 0 Å². The molecule has 0 amide bonds. The monoisotopic (exact) mass is 202 g/mol. The fourth-order valence-electron chi connectivity index (χ4n) is 1.30. The Balaban J connectivity index is 3.20. The highest BCUT2D eigenvalue weighted by Gasteiger charge is 1.95. The van der Waals surface area contributed by atoms with Gasteiger partial charge in [0.1, 0.15) is 0 Å². The van der Waals surface area contributed by atoms with Crippen molar-refractivity contribution in [3.05, 3.63) is 12.2 Å². The molecule has 13 heavy (non-hydrogen) atoms. The van der Waals surface area contributed by atoms with E-state index in [4.69, 9.17) is 11.6 Å². The fraction of sp³-hybridized carbons (Fsp3) is 0.833. The van der Waals surface area contributed by atoms with Gasteiger partial charge in [0.2, 0.25) is 0 Å². The summed E-state index contributed by atoms with van der Waals surface area (Å²) in [6, 6.07) is 0. The second-order valence-electron chi connectivity index (χ2n) is 3.58. The van der Waals surface area contributed by atoms with Crippen LogP contribution in [0.3, 0.4) is 0 Å². The first kappa shape index (κ1) is 13.0. The molecule has 0 aromatic rings. The molecule has 0 aliphatic carbocycles. The number of halogens is 1. The van der Waals surface area contributed by atoms with E-state index in [1.54, 1.807) is 0 Å². The van der Waals surface area contributed by atoms with Gasteiger partial charge in [-0.05, 0) is 19.3 Å². The fourth-order valence-corrected chi connectivity index (χ4v) is 1.63. The van der Waals surface area contributed by atoms with Gasteiger partial charge < -0.3 is 0 Å². The minimum absolute atomic E-state index is 0.260. The Bertz CT molecular complexity index is 118. The quantitative estimate of drug-likeness (QED) is 0.298. The molecule has 0 nitrogen and oxygen atoms in total. The third-order valence-electron chi connectivity index (χ3n) is 2.13. The van der Waals surface area contributed by atoms with Gasteiger partial charge in [-0.25, -0.2) is 0 Å². The van der Waals surface area contributed by atoms with Crippen LogP contribution in [0.15, 0.2) is 12.2 Å². The van der Waals surface area contributed by atoms with Crippen LogP contribution in [0.5, 0.6) is 0 Å². The normalized spacial score (nSPS) is 13.8. The van der Waals surface area contributed by atoms with Crippen molar-refractivity contribution in [1.29, 1.82) is 0 Å². The van der Waals surface area contributed by atoms with Crippen LogP contribution in [-0.2, 0) is 0 Å². The number of hydrogen-bond donors (Lipinski definition) is 0. The van der Waals surface area contributed by atoms with Crippen LogP contribution in [-0.4, -0.2) is 5.38 Å². The third kappa shape index (κ3) is 9.95. The molecule has 78 valence electrons. The molecule has 0 heterocycles. The second-order valence-corrected chi connectivity index (χ2v) is 4.14. The van der Waals surface area contributed by atoms with E-state index < -0.39 is 0 Å². The lowest BCUT2D eigenvalue weighted by Gasteiger charge is -1.99. The molecule has 0 rings (SSSR count). The van der Waals surface area contributed by atoms with Crippen LogP contribution in [0.1, 0.15) is 58.8 Å². The molecule has 0 aliphatic heterocycles. The summed E-state index contributed by atoms with van der Waals surface area (Å²) < 4.78 is 0. The zero-order valence-electron chi connectivity index (χ0n) is 9.06. The predicted molar refractivity (Wildman–Crippen MR) is 62.4 cm³/mol. The second kappa shape index (κ2) is 10.1. The van der Waals surface area contributed by atoms with Gasteiger partial charge in [0.25, 0.3) is 0 Å². The predicted octanol–water partition coefficient (Wildman–Crippen LogP) is 4.92. The van der Waals surface area contributed by atoms with Crippen molar-refractivity contribution in [1.82, 2.24) is 0 Å². The molecule has 0 aliphatic rings. The lowest BCUT2D eigenvalue weighted by atomic mass is 10.1. The van der Waals surface area contributed by atoms with Crippen molar-refractivity contribution in [2.24, 2.45) is 0 Å². The lowest BCUT2D eigenvalue weighted by Crippen LogP contribution is -1.90. The standard InChI is InChI=1S/C12H23Cl/c1-3-5-6-7-8-9-11-12(13)10-4-2/h9,11-12H,3-8,10H2,1-2H3/b11-9+. The Morgan fingerprint density at radius 3 is 2.46 bits per heavy atom. The van der Waals surface area contributed by atoms with Gasteiger partial charge >= 0.3 is 0 Å². The topological polar surface area (TPSA) is 0 Å². The largest absolute Gasteiger partial charge is 0.118 e. The minimum atomic E-state index is 0.260. The summed E-state index contributed by atoms with van der Waals surface area (Å²) in [6.45, 7) is 4.41. The van der Waals surface area contributed by atoms with Gasteiger partial charge in [-0.2, -0.15) is 0 Å². The molecular weight excluding hydrogens is 180 g/mol. The molecule has 0 spiro atoms. The maximum Gasteiger partial charge on any atom is 0.0515 e. The van der Waals surface area contributed by atoms with Gasteiger partial charge in [-0.1, -0.05) is 51.7 Å². The van der Waals surface area contributed by atoms with Crippen LogP contribution < -0.4 is 0 Å². The molecular formula is C12H23Cl. The van der Waals surface area contributed by atoms with E-state index in [1.165, 1.54) is 38.5 Å². The maximum atomic E-state index is 6.03. The van der Waals surface area contributed by atoms with E-state index >= 15 is 0 Å². The molecule has 0 fully saturated rings. The molecule has 0 saturated heterocycles.